The number of halogens is 1. The molecule has 1 aromatic heterocycles. The number of nitrogens with zero attached hydrogens (tertiary/aromatic N) is 3. The van der Waals surface area contributed by atoms with Crippen molar-refractivity contribution in [2.75, 3.05) is 31.6 Å². The summed E-state index contributed by atoms with van der Waals surface area (Å²) in [7, 11) is 1.82. The second-order valence-electron chi connectivity index (χ2n) is 7.68. The van der Waals surface area contributed by atoms with E-state index in [0.717, 1.165) is 49.8 Å². The van der Waals surface area contributed by atoms with Crippen molar-refractivity contribution in [3.63, 3.8) is 0 Å². The average molecular weight is 345 g/mol. The maximum absolute atomic E-state index is 13.9. The summed E-state index contributed by atoms with van der Waals surface area (Å²) >= 11 is 0. The smallest absolute Gasteiger partial charge is 0.191 e. The summed E-state index contributed by atoms with van der Waals surface area (Å²) in [5, 5.41) is 7.04. The van der Waals surface area contributed by atoms with Gasteiger partial charge in [0.2, 0.25) is 0 Å². The summed E-state index contributed by atoms with van der Waals surface area (Å²) < 4.78 is 13.9. The highest BCUT2D eigenvalue weighted by atomic mass is 19.1. The third-order valence-electron chi connectivity index (χ3n) is 5.75. The summed E-state index contributed by atoms with van der Waals surface area (Å²) in [4.78, 5) is 10.6. The van der Waals surface area contributed by atoms with Gasteiger partial charge in [0, 0.05) is 38.9 Å². The lowest BCUT2D eigenvalue weighted by molar-refractivity contribution is 0.399. The fourth-order valence-electron chi connectivity index (χ4n) is 4.05. The highest BCUT2D eigenvalue weighted by Crippen LogP contribution is 2.48. The number of guanidine groups is 1. The van der Waals surface area contributed by atoms with Crippen molar-refractivity contribution in [1.82, 2.24) is 15.6 Å². The Hall–Kier alpha value is -1.85. The van der Waals surface area contributed by atoms with E-state index in [1.165, 1.54) is 31.7 Å². The van der Waals surface area contributed by atoms with Crippen LogP contribution >= 0.6 is 0 Å². The molecule has 3 fully saturated rings. The number of nitrogens with one attached hydrogen (secondary N) is 2. The molecule has 0 aromatic carbocycles. The third kappa shape index (κ3) is 4.05. The lowest BCUT2D eigenvalue weighted by Gasteiger charge is -2.22. The molecular weight excluding hydrogens is 317 g/mol. The SMILES string of the molecule is CN=C(NCC(C1CC1)C1CC1)NC1CCN(c2ncccc2F)C1. The van der Waals surface area contributed by atoms with E-state index in [-0.39, 0.29) is 11.9 Å². The molecule has 6 heteroatoms. The molecule has 1 atom stereocenters. The van der Waals surface area contributed by atoms with Crippen LogP contribution < -0.4 is 15.5 Å². The highest BCUT2D eigenvalue weighted by Gasteiger charge is 2.41. The van der Waals surface area contributed by atoms with Gasteiger partial charge in [-0.1, -0.05) is 0 Å². The van der Waals surface area contributed by atoms with E-state index in [1.54, 1.807) is 12.3 Å². The molecule has 1 saturated heterocycles. The fraction of sp³-hybridized carbons (Fsp3) is 0.684. The minimum Gasteiger partial charge on any atom is -0.356 e. The van der Waals surface area contributed by atoms with Crippen molar-refractivity contribution in [3.8, 4) is 0 Å². The molecule has 4 rings (SSSR count). The van der Waals surface area contributed by atoms with Crippen LogP contribution in [0, 0.1) is 23.6 Å². The number of hydrogen-bond donors (Lipinski definition) is 2. The minimum atomic E-state index is -0.248. The molecule has 5 nitrogen and oxygen atoms in total. The molecule has 1 unspecified atom stereocenters. The van der Waals surface area contributed by atoms with E-state index in [1.807, 2.05) is 11.9 Å². The Labute approximate surface area is 149 Å². The number of pyridine rings is 1. The lowest BCUT2D eigenvalue weighted by atomic mass is 9.98. The van der Waals surface area contributed by atoms with Crippen LogP contribution in [0.4, 0.5) is 10.2 Å². The molecule has 1 aliphatic heterocycles. The van der Waals surface area contributed by atoms with Crippen molar-refractivity contribution in [2.45, 2.75) is 38.1 Å². The summed E-state index contributed by atoms with van der Waals surface area (Å²) in [5.41, 5.74) is 0. The first-order chi connectivity index (χ1) is 12.2. The standard InChI is InChI=1S/C19H28FN5/c1-21-19(23-11-16(13-4-5-13)14-6-7-14)24-15-8-10-25(12-15)18-17(20)3-2-9-22-18/h2-3,9,13-16H,4-8,10-12H2,1H3,(H2,21,23,24). The predicted molar refractivity (Wildman–Crippen MR) is 98.2 cm³/mol. The first-order valence-corrected chi connectivity index (χ1v) is 9.57. The third-order valence-corrected chi connectivity index (χ3v) is 5.75. The fourth-order valence-corrected chi connectivity index (χ4v) is 4.05. The predicted octanol–water partition coefficient (Wildman–Crippen LogP) is 2.40. The molecule has 2 N–H and O–H groups in total. The highest BCUT2D eigenvalue weighted by molar-refractivity contribution is 5.80. The molecule has 3 aliphatic rings. The second-order valence-corrected chi connectivity index (χ2v) is 7.68. The Kier molecular flexibility index (Phi) is 4.77. The van der Waals surface area contributed by atoms with Crippen LogP contribution in [0.25, 0.3) is 0 Å². The van der Waals surface area contributed by atoms with E-state index in [4.69, 9.17) is 0 Å². The zero-order valence-corrected chi connectivity index (χ0v) is 14.9. The van der Waals surface area contributed by atoms with Crippen molar-refractivity contribution in [1.29, 1.82) is 0 Å². The summed E-state index contributed by atoms with van der Waals surface area (Å²) in [6.45, 7) is 2.60. The largest absolute Gasteiger partial charge is 0.356 e. The van der Waals surface area contributed by atoms with E-state index in [9.17, 15) is 4.39 Å². The molecule has 25 heavy (non-hydrogen) atoms. The van der Waals surface area contributed by atoms with Crippen LogP contribution in [-0.4, -0.2) is 43.7 Å². The van der Waals surface area contributed by atoms with Crippen LogP contribution in [0.1, 0.15) is 32.1 Å². The molecule has 0 radical (unpaired) electrons. The maximum Gasteiger partial charge on any atom is 0.191 e. The van der Waals surface area contributed by atoms with Gasteiger partial charge in [-0.25, -0.2) is 9.37 Å². The molecule has 2 heterocycles. The van der Waals surface area contributed by atoms with Gasteiger partial charge in [0.15, 0.2) is 17.6 Å². The van der Waals surface area contributed by atoms with Gasteiger partial charge < -0.3 is 15.5 Å². The van der Waals surface area contributed by atoms with Gasteiger partial charge in [-0.05, 0) is 62.0 Å². The van der Waals surface area contributed by atoms with E-state index in [0.29, 0.717) is 5.82 Å². The van der Waals surface area contributed by atoms with Gasteiger partial charge in [0.25, 0.3) is 0 Å². The van der Waals surface area contributed by atoms with Crippen molar-refractivity contribution < 1.29 is 4.39 Å². The first kappa shape index (κ1) is 16.6. The molecule has 0 amide bonds. The number of rotatable bonds is 6. The van der Waals surface area contributed by atoms with Crippen molar-refractivity contribution >= 4 is 11.8 Å². The Morgan fingerprint density at radius 1 is 1.32 bits per heavy atom. The van der Waals surface area contributed by atoms with Crippen molar-refractivity contribution in [2.24, 2.45) is 22.7 Å². The summed E-state index contributed by atoms with van der Waals surface area (Å²) in [6.07, 6.45) is 8.23. The zero-order valence-electron chi connectivity index (χ0n) is 14.9. The normalized spacial score (nSPS) is 24.0. The van der Waals surface area contributed by atoms with Crippen LogP contribution in [0.5, 0.6) is 0 Å². The Morgan fingerprint density at radius 2 is 2.08 bits per heavy atom. The molecule has 0 spiro atoms. The second kappa shape index (κ2) is 7.18. The maximum atomic E-state index is 13.9. The molecule has 136 valence electrons. The van der Waals surface area contributed by atoms with Gasteiger partial charge in [-0.3, -0.25) is 4.99 Å². The number of aromatic nitrogens is 1. The number of anilines is 1. The van der Waals surface area contributed by atoms with Gasteiger partial charge in [0.1, 0.15) is 0 Å². The Balaban J connectivity index is 1.28. The topological polar surface area (TPSA) is 52.6 Å². The monoisotopic (exact) mass is 345 g/mol. The minimum absolute atomic E-state index is 0.248. The van der Waals surface area contributed by atoms with Gasteiger partial charge in [-0.2, -0.15) is 0 Å². The molecule has 1 aromatic rings. The Morgan fingerprint density at radius 3 is 2.72 bits per heavy atom. The Bertz CT molecular complexity index is 614. The van der Waals surface area contributed by atoms with Crippen LogP contribution in [0.2, 0.25) is 0 Å². The van der Waals surface area contributed by atoms with E-state index < -0.39 is 0 Å². The van der Waals surface area contributed by atoms with E-state index >= 15 is 0 Å². The number of hydrogen-bond acceptors (Lipinski definition) is 3. The van der Waals surface area contributed by atoms with E-state index in [2.05, 4.69) is 20.6 Å². The van der Waals surface area contributed by atoms with Gasteiger partial charge in [0.05, 0.1) is 0 Å². The summed E-state index contributed by atoms with van der Waals surface area (Å²) in [6, 6.07) is 3.37. The first-order valence-electron chi connectivity index (χ1n) is 9.57. The average Bonchev–Trinajstić information content (AvgIpc) is 3.55. The van der Waals surface area contributed by atoms with Crippen LogP contribution in [0.3, 0.4) is 0 Å². The molecule has 0 bridgehead atoms. The van der Waals surface area contributed by atoms with Gasteiger partial charge >= 0.3 is 0 Å². The zero-order chi connectivity index (χ0) is 17.2. The molecule has 2 aliphatic carbocycles. The van der Waals surface area contributed by atoms with Crippen LogP contribution in [0.15, 0.2) is 23.3 Å². The molecule has 2 saturated carbocycles. The van der Waals surface area contributed by atoms with Crippen molar-refractivity contribution in [3.05, 3.63) is 24.1 Å². The molecular formula is C19H28FN5. The number of aliphatic imine (C=N–C) groups is 1. The quantitative estimate of drug-likeness (QED) is 0.614. The van der Waals surface area contributed by atoms with Gasteiger partial charge in [-0.15, -0.1) is 0 Å². The van der Waals surface area contributed by atoms with Crippen LogP contribution in [-0.2, 0) is 0 Å². The summed E-state index contributed by atoms with van der Waals surface area (Å²) in [5.74, 6) is 3.78. The lowest BCUT2D eigenvalue weighted by Crippen LogP contribution is -2.46.